The van der Waals surface area contributed by atoms with Crippen molar-refractivity contribution in [3.8, 4) is 12.3 Å². The molecule has 0 N–H and O–H groups in total. The fraction of sp³-hybridized carbons (Fsp3) is 0.714. The number of hydrogen-bond acceptors (Lipinski definition) is 2. The lowest BCUT2D eigenvalue weighted by Gasteiger charge is -2.18. The molecule has 0 aliphatic rings. The minimum atomic E-state index is -3.12. The van der Waals surface area contributed by atoms with Gasteiger partial charge in [-0.15, -0.1) is 6.42 Å². The number of rotatable bonds is 3. The zero-order valence-corrected chi connectivity index (χ0v) is 7.85. The molecule has 3 nitrogen and oxygen atoms in total. The maximum Gasteiger partial charge on any atom is 0.214 e. The van der Waals surface area contributed by atoms with E-state index in [4.69, 9.17) is 6.42 Å². The molecule has 0 saturated heterocycles. The summed E-state index contributed by atoms with van der Waals surface area (Å²) in [6, 6.07) is -0.361. The lowest BCUT2D eigenvalue weighted by atomic mass is 10.4. The van der Waals surface area contributed by atoms with Gasteiger partial charge in [-0.1, -0.05) is 5.92 Å². The summed E-state index contributed by atoms with van der Waals surface area (Å²) in [6.07, 6.45) is 5.07. The highest BCUT2D eigenvalue weighted by Crippen LogP contribution is 2.02. The summed E-state index contributed by atoms with van der Waals surface area (Å²) >= 11 is 0. The molecule has 0 aliphatic heterocycles. The molecule has 64 valence electrons. The topological polar surface area (TPSA) is 37.4 Å². The van der Waals surface area contributed by atoms with E-state index in [1.165, 1.54) is 11.4 Å². The first kappa shape index (κ1) is 10.5. The third-order valence-electron chi connectivity index (χ3n) is 1.59. The summed E-state index contributed by atoms with van der Waals surface area (Å²) in [6.45, 7) is 3.27. The molecule has 0 rings (SSSR count). The summed E-state index contributed by atoms with van der Waals surface area (Å²) in [7, 11) is -1.63. The van der Waals surface area contributed by atoms with Crippen LogP contribution >= 0.6 is 0 Å². The van der Waals surface area contributed by atoms with Gasteiger partial charge >= 0.3 is 0 Å². The van der Waals surface area contributed by atoms with Crippen molar-refractivity contribution < 1.29 is 8.42 Å². The predicted octanol–water partition coefficient (Wildman–Crippen LogP) is 0.290. The van der Waals surface area contributed by atoms with Crippen LogP contribution in [0.2, 0.25) is 0 Å². The van der Waals surface area contributed by atoms with Crippen molar-refractivity contribution in [1.29, 1.82) is 0 Å². The number of terminal acetylenes is 1. The largest absolute Gasteiger partial charge is 0.214 e. The standard InChI is InChI=1S/C7H13NO2S/c1-5-7(3)8(4)11(9,10)6-2/h1,7H,6H2,2-4H3. The van der Waals surface area contributed by atoms with E-state index in [9.17, 15) is 8.42 Å². The summed E-state index contributed by atoms with van der Waals surface area (Å²) in [5, 5.41) is 0. The maximum absolute atomic E-state index is 11.1. The molecule has 4 heteroatoms. The zero-order chi connectivity index (χ0) is 9.07. The van der Waals surface area contributed by atoms with Crippen molar-refractivity contribution in [1.82, 2.24) is 4.31 Å². The average molecular weight is 175 g/mol. The minimum Gasteiger partial charge on any atom is -0.212 e. The molecule has 0 bridgehead atoms. The highest BCUT2D eigenvalue weighted by Gasteiger charge is 2.18. The van der Waals surface area contributed by atoms with Crippen LogP contribution in [0.15, 0.2) is 0 Å². The lowest BCUT2D eigenvalue weighted by molar-refractivity contribution is 0.445. The summed E-state index contributed by atoms with van der Waals surface area (Å²) in [4.78, 5) is 0. The Balaban J connectivity index is 4.52. The van der Waals surface area contributed by atoms with Crippen LogP contribution in [0, 0.1) is 12.3 Å². The second-order valence-corrected chi connectivity index (χ2v) is 4.58. The monoisotopic (exact) mass is 175 g/mol. The summed E-state index contributed by atoms with van der Waals surface area (Å²) in [5.74, 6) is 2.44. The first-order valence-electron chi connectivity index (χ1n) is 3.37. The Morgan fingerprint density at radius 1 is 1.64 bits per heavy atom. The Morgan fingerprint density at radius 3 is 2.36 bits per heavy atom. The fourth-order valence-corrected chi connectivity index (χ4v) is 1.50. The minimum absolute atomic E-state index is 0.0928. The normalized spacial score (nSPS) is 14.5. The van der Waals surface area contributed by atoms with Gasteiger partial charge in [0.05, 0.1) is 11.8 Å². The lowest BCUT2D eigenvalue weighted by Crippen LogP contribution is -2.35. The van der Waals surface area contributed by atoms with E-state index in [2.05, 4.69) is 5.92 Å². The van der Waals surface area contributed by atoms with Crippen molar-refractivity contribution in [3.05, 3.63) is 0 Å². The van der Waals surface area contributed by atoms with Crippen LogP contribution in [-0.2, 0) is 10.0 Å². The van der Waals surface area contributed by atoms with E-state index >= 15 is 0 Å². The maximum atomic E-state index is 11.1. The molecule has 0 aliphatic carbocycles. The predicted molar refractivity (Wildman–Crippen MR) is 45.5 cm³/mol. The molecule has 0 radical (unpaired) electrons. The average Bonchev–Trinajstić information content (AvgIpc) is 2.01. The Kier molecular flexibility index (Phi) is 3.56. The molecule has 0 aromatic heterocycles. The van der Waals surface area contributed by atoms with Gasteiger partial charge in [0.1, 0.15) is 0 Å². The SMILES string of the molecule is C#CC(C)N(C)S(=O)(=O)CC. The van der Waals surface area contributed by atoms with Gasteiger partial charge in [-0.3, -0.25) is 0 Å². The van der Waals surface area contributed by atoms with Crippen LogP contribution in [-0.4, -0.2) is 31.6 Å². The van der Waals surface area contributed by atoms with Crippen molar-refractivity contribution >= 4 is 10.0 Å². The van der Waals surface area contributed by atoms with Gasteiger partial charge in [-0.2, -0.15) is 4.31 Å². The van der Waals surface area contributed by atoms with Crippen LogP contribution in [0.1, 0.15) is 13.8 Å². The molecule has 11 heavy (non-hydrogen) atoms. The Hall–Kier alpha value is -0.530. The third-order valence-corrected chi connectivity index (χ3v) is 3.51. The van der Waals surface area contributed by atoms with Gasteiger partial charge in [0.2, 0.25) is 10.0 Å². The molecule has 0 aromatic rings. The second kappa shape index (κ2) is 3.74. The van der Waals surface area contributed by atoms with Crippen molar-refractivity contribution in [3.63, 3.8) is 0 Å². The number of hydrogen-bond donors (Lipinski definition) is 0. The van der Waals surface area contributed by atoms with Crippen LogP contribution in [0.4, 0.5) is 0 Å². The fourth-order valence-electron chi connectivity index (χ4n) is 0.550. The van der Waals surface area contributed by atoms with E-state index in [0.29, 0.717) is 0 Å². The quantitative estimate of drug-likeness (QED) is 0.578. The smallest absolute Gasteiger partial charge is 0.212 e. The van der Waals surface area contributed by atoms with Gasteiger partial charge < -0.3 is 0 Å². The third kappa shape index (κ3) is 2.52. The highest BCUT2D eigenvalue weighted by atomic mass is 32.2. The molecule has 0 spiro atoms. The molecule has 1 unspecified atom stereocenters. The number of nitrogens with zero attached hydrogens (tertiary/aromatic N) is 1. The van der Waals surface area contributed by atoms with Crippen LogP contribution in [0.3, 0.4) is 0 Å². The summed E-state index contributed by atoms with van der Waals surface area (Å²) in [5.41, 5.74) is 0. The first-order valence-corrected chi connectivity index (χ1v) is 4.98. The molecular weight excluding hydrogens is 162 g/mol. The van der Waals surface area contributed by atoms with Crippen molar-refractivity contribution in [2.45, 2.75) is 19.9 Å². The zero-order valence-electron chi connectivity index (χ0n) is 7.03. The van der Waals surface area contributed by atoms with Gasteiger partial charge in [-0.05, 0) is 13.8 Å². The van der Waals surface area contributed by atoms with Crippen molar-refractivity contribution in [2.24, 2.45) is 0 Å². The van der Waals surface area contributed by atoms with Crippen LogP contribution < -0.4 is 0 Å². The highest BCUT2D eigenvalue weighted by molar-refractivity contribution is 7.89. The van der Waals surface area contributed by atoms with E-state index in [1.807, 2.05) is 0 Å². The second-order valence-electron chi connectivity index (χ2n) is 2.26. The Bertz CT molecular complexity index is 250. The molecular formula is C7H13NO2S. The van der Waals surface area contributed by atoms with Crippen LogP contribution in [0.25, 0.3) is 0 Å². The van der Waals surface area contributed by atoms with Crippen molar-refractivity contribution in [2.75, 3.05) is 12.8 Å². The first-order chi connectivity index (χ1) is 4.95. The van der Waals surface area contributed by atoms with E-state index in [1.54, 1.807) is 13.8 Å². The van der Waals surface area contributed by atoms with Gasteiger partial charge in [0.25, 0.3) is 0 Å². The van der Waals surface area contributed by atoms with Gasteiger partial charge in [-0.25, -0.2) is 8.42 Å². The molecule has 0 amide bonds. The van der Waals surface area contributed by atoms with Gasteiger partial charge in [0.15, 0.2) is 0 Å². The Morgan fingerprint density at radius 2 is 2.09 bits per heavy atom. The van der Waals surface area contributed by atoms with E-state index in [0.717, 1.165) is 0 Å². The molecule has 1 atom stereocenters. The summed E-state index contributed by atoms with van der Waals surface area (Å²) < 4.78 is 23.5. The van der Waals surface area contributed by atoms with E-state index in [-0.39, 0.29) is 11.8 Å². The number of sulfonamides is 1. The molecule has 0 fully saturated rings. The Labute approximate surface area is 68.4 Å². The van der Waals surface area contributed by atoms with Crippen LogP contribution in [0.5, 0.6) is 0 Å². The van der Waals surface area contributed by atoms with E-state index < -0.39 is 10.0 Å². The molecule has 0 aromatic carbocycles. The van der Waals surface area contributed by atoms with Gasteiger partial charge in [0, 0.05) is 7.05 Å². The molecule has 0 saturated carbocycles. The molecule has 0 heterocycles.